The second kappa shape index (κ2) is 9.34. The Balaban J connectivity index is 2.06. The van der Waals surface area contributed by atoms with Gasteiger partial charge in [-0.15, -0.1) is 0 Å². The zero-order chi connectivity index (χ0) is 19.1. The zero-order valence-corrected chi connectivity index (χ0v) is 16.6. The number of nitrogens with one attached hydrogen (secondary N) is 2. The van der Waals surface area contributed by atoms with E-state index in [9.17, 15) is 4.79 Å². The number of hydrogen-bond donors (Lipinski definition) is 2. The quantitative estimate of drug-likeness (QED) is 0.558. The summed E-state index contributed by atoms with van der Waals surface area (Å²) in [7, 11) is 0. The third-order valence-electron chi connectivity index (χ3n) is 4.28. The summed E-state index contributed by atoms with van der Waals surface area (Å²) in [6.07, 6.45) is 0.910. The summed E-state index contributed by atoms with van der Waals surface area (Å²) in [5, 5.41) is 7.03. The highest BCUT2D eigenvalue weighted by Crippen LogP contribution is 2.20. The van der Waals surface area contributed by atoms with Crippen molar-refractivity contribution >= 4 is 29.0 Å². The van der Waals surface area contributed by atoms with Crippen molar-refractivity contribution in [2.75, 3.05) is 11.9 Å². The minimum Gasteiger partial charge on any atom is -0.462 e. The molecule has 1 atom stereocenters. The summed E-state index contributed by atoms with van der Waals surface area (Å²) < 4.78 is 5.03. The van der Waals surface area contributed by atoms with Crippen LogP contribution in [0.2, 0.25) is 0 Å². The topological polar surface area (TPSA) is 50.4 Å². The molecular formula is C21H26N2O2S. The predicted octanol–water partition coefficient (Wildman–Crippen LogP) is 4.92. The number of ether oxygens (including phenoxy) is 1. The highest BCUT2D eigenvalue weighted by Gasteiger charge is 2.12. The summed E-state index contributed by atoms with van der Waals surface area (Å²) in [6, 6.07) is 13.7. The van der Waals surface area contributed by atoms with Crippen LogP contribution in [-0.4, -0.2) is 17.7 Å². The lowest BCUT2D eigenvalue weighted by atomic mass is 9.99. The molecule has 0 aliphatic heterocycles. The molecule has 0 saturated heterocycles. The SMILES string of the molecule is CCOC(=O)c1cccc(NC(=S)N[C@@H](CC)c2ccc(C)c(C)c2)c1. The van der Waals surface area contributed by atoms with Crippen LogP contribution in [0, 0.1) is 13.8 Å². The van der Waals surface area contributed by atoms with Crippen molar-refractivity contribution in [1.29, 1.82) is 0 Å². The first-order valence-electron chi connectivity index (χ1n) is 8.86. The average molecular weight is 371 g/mol. The Hall–Kier alpha value is -2.40. The molecule has 5 heteroatoms. The molecule has 0 radical (unpaired) electrons. The molecule has 0 aromatic heterocycles. The van der Waals surface area contributed by atoms with E-state index in [4.69, 9.17) is 17.0 Å². The smallest absolute Gasteiger partial charge is 0.338 e. The highest BCUT2D eigenvalue weighted by molar-refractivity contribution is 7.80. The van der Waals surface area contributed by atoms with Crippen LogP contribution in [-0.2, 0) is 4.74 Å². The van der Waals surface area contributed by atoms with E-state index >= 15 is 0 Å². The first-order valence-corrected chi connectivity index (χ1v) is 9.27. The third-order valence-corrected chi connectivity index (χ3v) is 4.50. The Kier molecular flexibility index (Phi) is 7.16. The van der Waals surface area contributed by atoms with Gasteiger partial charge in [-0.2, -0.15) is 0 Å². The number of carbonyl (C=O) groups excluding carboxylic acids is 1. The molecule has 4 nitrogen and oxygen atoms in total. The third kappa shape index (κ3) is 5.30. The molecule has 2 aromatic carbocycles. The predicted molar refractivity (Wildman–Crippen MR) is 111 cm³/mol. The fraction of sp³-hybridized carbons (Fsp3) is 0.333. The Bertz CT molecular complexity index is 789. The molecule has 26 heavy (non-hydrogen) atoms. The minimum absolute atomic E-state index is 0.127. The molecule has 0 spiro atoms. The zero-order valence-electron chi connectivity index (χ0n) is 15.8. The molecule has 0 unspecified atom stereocenters. The molecule has 2 aromatic rings. The van der Waals surface area contributed by atoms with Crippen LogP contribution in [0.4, 0.5) is 5.69 Å². The lowest BCUT2D eigenvalue weighted by Crippen LogP contribution is -2.32. The molecular weight excluding hydrogens is 344 g/mol. The number of carbonyl (C=O) groups is 1. The van der Waals surface area contributed by atoms with E-state index in [0.717, 1.165) is 12.1 Å². The van der Waals surface area contributed by atoms with Gasteiger partial charge in [-0.3, -0.25) is 0 Å². The van der Waals surface area contributed by atoms with Gasteiger partial charge in [-0.05, 0) is 74.3 Å². The van der Waals surface area contributed by atoms with Gasteiger partial charge in [-0.25, -0.2) is 4.79 Å². The van der Waals surface area contributed by atoms with E-state index in [0.29, 0.717) is 17.3 Å². The van der Waals surface area contributed by atoms with Gasteiger partial charge in [0.05, 0.1) is 18.2 Å². The lowest BCUT2D eigenvalue weighted by molar-refractivity contribution is 0.0526. The van der Waals surface area contributed by atoms with Gasteiger partial charge in [0.1, 0.15) is 0 Å². The number of rotatable bonds is 6. The maximum Gasteiger partial charge on any atom is 0.338 e. The number of benzene rings is 2. The molecule has 0 saturated carbocycles. The molecule has 0 aliphatic carbocycles. The van der Waals surface area contributed by atoms with Gasteiger partial charge >= 0.3 is 5.97 Å². The Morgan fingerprint density at radius 1 is 1.12 bits per heavy atom. The first-order chi connectivity index (χ1) is 12.4. The molecule has 0 amide bonds. The van der Waals surface area contributed by atoms with Crippen LogP contribution in [0.25, 0.3) is 0 Å². The maximum absolute atomic E-state index is 11.9. The number of thiocarbonyl (C=S) groups is 1. The Morgan fingerprint density at radius 2 is 1.88 bits per heavy atom. The second-order valence-electron chi connectivity index (χ2n) is 6.20. The van der Waals surface area contributed by atoms with Crippen LogP contribution < -0.4 is 10.6 Å². The summed E-state index contributed by atoms with van der Waals surface area (Å²) in [5.41, 5.74) is 5.01. The minimum atomic E-state index is -0.336. The van der Waals surface area contributed by atoms with Crippen LogP contribution in [0.15, 0.2) is 42.5 Å². The van der Waals surface area contributed by atoms with Crippen molar-refractivity contribution in [3.8, 4) is 0 Å². The summed E-state index contributed by atoms with van der Waals surface area (Å²) in [4.78, 5) is 11.9. The van der Waals surface area contributed by atoms with Crippen molar-refractivity contribution in [1.82, 2.24) is 5.32 Å². The fourth-order valence-electron chi connectivity index (χ4n) is 2.67. The van der Waals surface area contributed by atoms with Crippen molar-refractivity contribution in [2.24, 2.45) is 0 Å². The van der Waals surface area contributed by atoms with Crippen LogP contribution in [0.5, 0.6) is 0 Å². The van der Waals surface area contributed by atoms with E-state index in [1.807, 2.05) is 6.07 Å². The largest absolute Gasteiger partial charge is 0.462 e. The van der Waals surface area contributed by atoms with Gasteiger partial charge in [0.15, 0.2) is 5.11 Å². The monoisotopic (exact) mass is 370 g/mol. The summed E-state index contributed by atoms with van der Waals surface area (Å²) >= 11 is 5.46. The van der Waals surface area contributed by atoms with Crippen LogP contribution in [0.1, 0.15) is 53.4 Å². The van der Waals surface area contributed by atoms with Gasteiger partial charge in [0.25, 0.3) is 0 Å². The van der Waals surface area contributed by atoms with E-state index in [-0.39, 0.29) is 12.0 Å². The Morgan fingerprint density at radius 3 is 2.54 bits per heavy atom. The Labute approximate surface area is 161 Å². The first kappa shape index (κ1) is 19.9. The van der Waals surface area contributed by atoms with Gasteiger partial charge in [-0.1, -0.05) is 31.2 Å². The van der Waals surface area contributed by atoms with E-state index < -0.39 is 0 Å². The molecule has 2 N–H and O–H groups in total. The lowest BCUT2D eigenvalue weighted by Gasteiger charge is -2.21. The molecule has 2 rings (SSSR count). The normalized spacial score (nSPS) is 11.5. The number of anilines is 1. The van der Waals surface area contributed by atoms with Gasteiger partial charge in [0, 0.05) is 5.69 Å². The van der Waals surface area contributed by atoms with Crippen LogP contribution >= 0.6 is 12.2 Å². The van der Waals surface area contributed by atoms with Crippen molar-refractivity contribution < 1.29 is 9.53 Å². The van der Waals surface area contributed by atoms with Crippen molar-refractivity contribution in [3.63, 3.8) is 0 Å². The average Bonchev–Trinajstić information content (AvgIpc) is 2.62. The van der Waals surface area contributed by atoms with Crippen LogP contribution in [0.3, 0.4) is 0 Å². The fourth-order valence-corrected chi connectivity index (χ4v) is 2.93. The number of aryl methyl sites for hydroxylation is 2. The highest BCUT2D eigenvalue weighted by atomic mass is 32.1. The standard InChI is InChI=1S/C21H26N2O2S/c1-5-19(16-11-10-14(3)15(4)12-16)23-21(26)22-18-9-7-8-17(13-18)20(24)25-6-2/h7-13,19H,5-6H2,1-4H3,(H2,22,23,26)/t19-/m0/s1. The summed E-state index contributed by atoms with van der Waals surface area (Å²) in [6.45, 7) is 8.48. The van der Waals surface area contributed by atoms with E-state index in [1.54, 1.807) is 25.1 Å². The molecule has 0 bridgehead atoms. The number of esters is 1. The molecule has 0 aliphatic rings. The van der Waals surface area contributed by atoms with Crippen molar-refractivity contribution in [2.45, 2.75) is 40.2 Å². The van der Waals surface area contributed by atoms with Crippen molar-refractivity contribution in [3.05, 3.63) is 64.7 Å². The van der Waals surface area contributed by atoms with E-state index in [2.05, 4.69) is 49.6 Å². The van der Waals surface area contributed by atoms with E-state index in [1.165, 1.54) is 16.7 Å². The number of hydrogen-bond acceptors (Lipinski definition) is 3. The second-order valence-corrected chi connectivity index (χ2v) is 6.61. The van der Waals surface area contributed by atoms with Gasteiger partial charge < -0.3 is 15.4 Å². The van der Waals surface area contributed by atoms with Gasteiger partial charge in [0.2, 0.25) is 0 Å². The summed E-state index contributed by atoms with van der Waals surface area (Å²) in [5.74, 6) is -0.336. The molecule has 0 heterocycles. The molecule has 138 valence electrons. The molecule has 0 fully saturated rings. The maximum atomic E-state index is 11.9.